The summed E-state index contributed by atoms with van der Waals surface area (Å²) in [6.07, 6.45) is -0.203. The van der Waals surface area contributed by atoms with Crippen molar-refractivity contribution in [2.24, 2.45) is 0 Å². The maximum absolute atomic E-state index is 11.7. The van der Waals surface area contributed by atoms with Crippen LogP contribution in [-0.2, 0) is 11.3 Å². The third-order valence-corrected chi connectivity index (χ3v) is 5.13. The van der Waals surface area contributed by atoms with Crippen molar-refractivity contribution in [1.82, 2.24) is 9.88 Å². The summed E-state index contributed by atoms with van der Waals surface area (Å²) in [7, 11) is 1.66. The van der Waals surface area contributed by atoms with E-state index in [4.69, 9.17) is 9.47 Å². The summed E-state index contributed by atoms with van der Waals surface area (Å²) in [6.45, 7) is 6.42. The zero-order valence-corrected chi connectivity index (χ0v) is 16.0. The van der Waals surface area contributed by atoms with E-state index in [1.54, 1.807) is 23.3 Å². The van der Waals surface area contributed by atoms with Gasteiger partial charge in [-0.15, -0.1) is 11.3 Å². The van der Waals surface area contributed by atoms with E-state index in [2.05, 4.69) is 15.7 Å². The first-order valence-electron chi connectivity index (χ1n) is 8.78. The lowest BCUT2D eigenvalue weighted by Crippen LogP contribution is -3.13. The maximum Gasteiger partial charge on any atom is 0.410 e. The molecule has 2 N–H and O–H groups in total. The second-order valence-corrected chi connectivity index (χ2v) is 6.97. The van der Waals surface area contributed by atoms with E-state index in [9.17, 15) is 4.79 Å². The van der Waals surface area contributed by atoms with Crippen LogP contribution < -0.4 is 15.0 Å². The monoisotopic (exact) mass is 377 g/mol. The minimum atomic E-state index is -0.203. The van der Waals surface area contributed by atoms with Gasteiger partial charge in [0.15, 0.2) is 5.13 Å². The number of nitrogens with zero attached hydrogens (tertiary/aromatic N) is 2. The van der Waals surface area contributed by atoms with E-state index in [1.165, 1.54) is 4.90 Å². The second-order valence-electron chi connectivity index (χ2n) is 6.11. The van der Waals surface area contributed by atoms with Crippen molar-refractivity contribution in [3.8, 4) is 5.75 Å². The van der Waals surface area contributed by atoms with E-state index in [0.29, 0.717) is 6.61 Å². The van der Waals surface area contributed by atoms with Gasteiger partial charge < -0.3 is 19.7 Å². The number of quaternary nitrogens is 1. The van der Waals surface area contributed by atoms with Crippen molar-refractivity contribution in [2.75, 3.05) is 45.2 Å². The Morgan fingerprint density at radius 1 is 1.31 bits per heavy atom. The largest absolute Gasteiger partial charge is 0.497 e. The zero-order valence-electron chi connectivity index (χ0n) is 15.2. The number of hydrogen-bond acceptors (Lipinski definition) is 6. The number of thiazole rings is 1. The smallest absolute Gasteiger partial charge is 0.410 e. The first-order chi connectivity index (χ1) is 12.7. The van der Waals surface area contributed by atoms with Crippen LogP contribution in [0, 0.1) is 0 Å². The number of amides is 1. The van der Waals surface area contributed by atoms with Crippen molar-refractivity contribution in [1.29, 1.82) is 0 Å². The molecule has 1 aliphatic rings. The Morgan fingerprint density at radius 2 is 2.04 bits per heavy atom. The fourth-order valence-electron chi connectivity index (χ4n) is 2.90. The minimum Gasteiger partial charge on any atom is -0.497 e. The molecule has 1 saturated heterocycles. The van der Waals surface area contributed by atoms with Crippen LogP contribution in [0.2, 0.25) is 0 Å². The summed E-state index contributed by atoms with van der Waals surface area (Å²) in [5.74, 6) is 0.834. The molecule has 26 heavy (non-hydrogen) atoms. The summed E-state index contributed by atoms with van der Waals surface area (Å²) in [5, 5.41) is 6.30. The topological polar surface area (TPSA) is 68.1 Å². The number of carbonyl (C=O) groups excluding carboxylic acids is 1. The molecule has 1 aromatic heterocycles. The van der Waals surface area contributed by atoms with Gasteiger partial charge in [-0.2, -0.15) is 0 Å². The van der Waals surface area contributed by atoms with Gasteiger partial charge in [-0.3, -0.25) is 4.90 Å². The van der Waals surface area contributed by atoms with Crippen LogP contribution in [0.3, 0.4) is 0 Å². The van der Waals surface area contributed by atoms with Gasteiger partial charge in [0.25, 0.3) is 0 Å². The zero-order chi connectivity index (χ0) is 18.4. The fraction of sp³-hybridized carbons (Fsp3) is 0.444. The molecule has 0 radical (unpaired) electrons. The molecule has 140 valence electrons. The molecule has 8 heteroatoms. The summed E-state index contributed by atoms with van der Waals surface area (Å²) < 4.78 is 10.2. The average molecular weight is 377 g/mol. The van der Waals surface area contributed by atoms with Gasteiger partial charge in [0.05, 0.1) is 39.9 Å². The Bertz CT molecular complexity index is 711. The van der Waals surface area contributed by atoms with Gasteiger partial charge in [0.2, 0.25) is 0 Å². The first kappa shape index (κ1) is 18.5. The van der Waals surface area contributed by atoms with Crippen LogP contribution in [0.15, 0.2) is 29.6 Å². The normalized spacial score (nSPS) is 14.9. The van der Waals surface area contributed by atoms with Crippen molar-refractivity contribution in [3.63, 3.8) is 0 Å². The Morgan fingerprint density at radius 3 is 2.69 bits per heavy atom. The highest BCUT2D eigenvalue weighted by Gasteiger charge is 2.25. The van der Waals surface area contributed by atoms with Crippen LogP contribution in [0.5, 0.6) is 5.75 Å². The number of rotatable bonds is 6. The van der Waals surface area contributed by atoms with E-state index in [1.807, 2.05) is 31.2 Å². The van der Waals surface area contributed by atoms with Crippen LogP contribution in [-0.4, -0.2) is 55.9 Å². The number of nitrogens with one attached hydrogen (secondary N) is 2. The van der Waals surface area contributed by atoms with Gasteiger partial charge in [0, 0.05) is 11.1 Å². The van der Waals surface area contributed by atoms with Crippen LogP contribution in [0.1, 0.15) is 12.6 Å². The molecule has 0 aliphatic carbocycles. The molecule has 2 heterocycles. The predicted molar refractivity (Wildman–Crippen MR) is 101 cm³/mol. The number of benzene rings is 1. The molecular formula is C18H25N4O3S+. The van der Waals surface area contributed by atoms with Crippen molar-refractivity contribution in [2.45, 2.75) is 13.5 Å². The average Bonchev–Trinajstić information content (AvgIpc) is 3.10. The summed E-state index contributed by atoms with van der Waals surface area (Å²) in [4.78, 5) is 19.6. The molecule has 1 amide bonds. The van der Waals surface area contributed by atoms with Crippen LogP contribution in [0.25, 0.3) is 0 Å². The Balaban J connectivity index is 1.48. The highest BCUT2D eigenvalue weighted by atomic mass is 32.1. The van der Waals surface area contributed by atoms with Gasteiger partial charge in [0.1, 0.15) is 18.0 Å². The van der Waals surface area contributed by atoms with Crippen molar-refractivity contribution >= 4 is 28.2 Å². The molecule has 1 aliphatic heterocycles. The van der Waals surface area contributed by atoms with Gasteiger partial charge in [-0.05, 0) is 31.2 Å². The maximum atomic E-state index is 11.7. The standard InChI is InChI=1S/C18H24N4O3S/c1-3-25-18(23)22-10-8-21(9-11-22)12-15-13-26-17(20-15)19-14-4-6-16(24-2)7-5-14/h4-7,13H,3,8-12H2,1-2H3,(H,19,20)/p+1. The molecule has 3 rings (SSSR count). The number of anilines is 2. The minimum absolute atomic E-state index is 0.203. The third-order valence-electron chi connectivity index (χ3n) is 4.32. The highest BCUT2D eigenvalue weighted by Crippen LogP contribution is 2.22. The number of methoxy groups -OCH3 is 1. The molecule has 0 atom stereocenters. The van der Waals surface area contributed by atoms with Crippen LogP contribution >= 0.6 is 11.3 Å². The lowest BCUT2D eigenvalue weighted by Gasteiger charge is -2.31. The molecule has 7 nitrogen and oxygen atoms in total. The van der Waals surface area contributed by atoms with Gasteiger partial charge >= 0.3 is 6.09 Å². The lowest BCUT2D eigenvalue weighted by atomic mass is 10.3. The van der Waals surface area contributed by atoms with Gasteiger partial charge in [-0.25, -0.2) is 9.78 Å². The Hall–Kier alpha value is -2.32. The molecular weight excluding hydrogens is 352 g/mol. The molecule has 0 bridgehead atoms. The van der Waals surface area contributed by atoms with Crippen molar-refractivity contribution < 1.29 is 19.2 Å². The summed E-state index contributed by atoms with van der Waals surface area (Å²) in [6, 6.07) is 7.79. The fourth-order valence-corrected chi connectivity index (χ4v) is 3.63. The first-order valence-corrected chi connectivity index (χ1v) is 9.66. The van der Waals surface area contributed by atoms with E-state index >= 15 is 0 Å². The van der Waals surface area contributed by atoms with Gasteiger partial charge in [-0.1, -0.05) is 0 Å². The number of aromatic nitrogens is 1. The van der Waals surface area contributed by atoms with E-state index in [-0.39, 0.29) is 6.09 Å². The highest BCUT2D eigenvalue weighted by molar-refractivity contribution is 7.13. The predicted octanol–water partition coefficient (Wildman–Crippen LogP) is 1.75. The molecule has 0 unspecified atom stereocenters. The lowest BCUT2D eigenvalue weighted by molar-refractivity contribution is -0.917. The number of piperazine rings is 1. The molecule has 0 saturated carbocycles. The third kappa shape index (κ3) is 4.86. The number of carbonyl (C=O) groups is 1. The Kier molecular flexibility index (Phi) is 6.30. The van der Waals surface area contributed by atoms with E-state index in [0.717, 1.165) is 55.0 Å². The van der Waals surface area contributed by atoms with E-state index < -0.39 is 0 Å². The molecule has 0 spiro atoms. The number of ether oxygens (including phenoxy) is 2. The molecule has 2 aromatic rings. The second kappa shape index (κ2) is 8.86. The molecule has 1 fully saturated rings. The van der Waals surface area contributed by atoms with Crippen LogP contribution in [0.4, 0.5) is 15.6 Å². The SMILES string of the molecule is CCOC(=O)N1CC[NH+](Cc2csc(Nc3ccc(OC)cc3)n2)CC1. The quantitative estimate of drug-likeness (QED) is 0.803. The van der Waals surface area contributed by atoms with Crippen molar-refractivity contribution in [3.05, 3.63) is 35.3 Å². The number of hydrogen-bond donors (Lipinski definition) is 2. The summed E-state index contributed by atoms with van der Waals surface area (Å²) >= 11 is 1.60. The Labute approximate surface area is 157 Å². The molecule has 1 aromatic carbocycles. The summed E-state index contributed by atoms with van der Waals surface area (Å²) in [5.41, 5.74) is 2.06.